The van der Waals surface area contributed by atoms with Gasteiger partial charge in [0.2, 0.25) is 5.91 Å². The third kappa shape index (κ3) is 3.11. The number of nitrogens with zero attached hydrogens (tertiary/aromatic N) is 2. The molecule has 1 amide bonds. The highest BCUT2D eigenvalue weighted by atomic mass is 32.2. The second-order valence-electron chi connectivity index (χ2n) is 4.59. The number of hydrogen-bond acceptors (Lipinski definition) is 4. The molecule has 0 bridgehead atoms. The number of thioether (sulfide) groups is 1. The van der Waals surface area contributed by atoms with Crippen molar-refractivity contribution in [2.24, 2.45) is 0 Å². The molecule has 0 unspecified atom stereocenters. The minimum Gasteiger partial charge on any atom is -0.467 e. The lowest BCUT2D eigenvalue weighted by Crippen LogP contribution is -2.30. The van der Waals surface area contributed by atoms with Crippen LogP contribution in [0.4, 0.5) is 0 Å². The van der Waals surface area contributed by atoms with Crippen molar-refractivity contribution in [3.8, 4) is 0 Å². The molecule has 0 saturated carbocycles. The first-order chi connectivity index (χ1) is 10.2. The number of carbonyl (C=O) groups excluding carboxylic acids is 1. The lowest BCUT2D eigenvalue weighted by molar-refractivity contribution is -0.120. The maximum absolute atomic E-state index is 12.1. The summed E-state index contributed by atoms with van der Waals surface area (Å²) in [6.45, 7) is 2.27. The number of amides is 1. The van der Waals surface area contributed by atoms with Crippen LogP contribution in [0.25, 0.3) is 5.52 Å². The van der Waals surface area contributed by atoms with Crippen molar-refractivity contribution in [3.05, 3.63) is 54.7 Å². The number of nitrogens with one attached hydrogen (secondary N) is 1. The molecule has 0 fully saturated rings. The highest BCUT2D eigenvalue weighted by molar-refractivity contribution is 8.00. The number of furan rings is 1. The Morgan fingerprint density at radius 1 is 1.43 bits per heavy atom. The largest absolute Gasteiger partial charge is 0.467 e. The van der Waals surface area contributed by atoms with Gasteiger partial charge < -0.3 is 9.73 Å². The topological polar surface area (TPSA) is 59.5 Å². The molecule has 0 aliphatic carbocycles. The van der Waals surface area contributed by atoms with Crippen LogP contribution in [0, 0.1) is 0 Å². The first-order valence-corrected chi connectivity index (χ1v) is 7.51. The van der Waals surface area contributed by atoms with E-state index in [0.29, 0.717) is 6.54 Å². The maximum Gasteiger partial charge on any atom is 0.233 e. The number of hydrogen-bond donors (Lipinski definition) is 1. The van der Waals surface area contributed by atoms with E-state index in [1.807, 2.05) is 41.8 Å². The normalized spacial score (nSPS) is 12.4. The van der Waals surface area contributed by atoms with Gasteiger partial charge in [0.25, 0.3) is 0 Å². The summed E-state index contributed by atoms with van der Waals surface area (Å²) in [5, 5.41) is 3.44. The van der Waals surface area contributed by atoms with Gasteiger partial charge in [-0.15, -0.1) is 0 Å². The van der Waals surface area contributed by atoms with Crippen LogP contribution in [-0.4, -0.2) is 20.5 Å². The zero-order chi connectivity index (χ0) is 14.7. The van der Waals surface area contributed by atoms with Gasteiger partial charge in [0.05, 0.1) is 29.8 Å². The van der Waals surface area contributed by atoms with Crippen LogP contribution >= 0.6 is 11.8 Å². The molecule has 1 atom stereocenters. The molecule has 0 radical (unpaired) electrons. The molecule has 21 heavy (non-hydrogen) atoms. The Labute approximate surface area is 126 Å². The van der Waals surface area contributed by atoms with E-state index in [2.05, 4.69) is 10.3 Å². The number of carbonyl (C=O) groups is 1. The monoisotopic (exact) mass is 301 g/mol. The zero-order valence-corrected chi connectivity index (χ0v) is 12.3. The fourth-order valence-corrected chi connectivity index (χ4v) is 2.85. The predicted molar refractivity (Wildman–Crippen MR) is 81.1 cm³/mol. The average Bonchev–Trinajstić information content (AvgIpc) is 3.15. The van der Waals surface area contributed by atoms with E-state index >= 15 is 0 Å². The minimum atomic E-state index is -0.231. The SMILES string of the molecule is C[C@H](Sc1ncc2ccccn12)C(=O)NCc1ccco1. The smallest absolute Gasteiger partial charge is 0.233 e. The number of rotatable bonds is 5. The summed E-state index contributed by atoms with van der Waals surface area (Å²) in [5.41, 5.74) is 1.02. The third-order valence-electron chi connectivity index (χ3n) is 3.07. The van der Waals surface area contributed by atoms with E-state index in [0.717, 1.165) is 16.4 Å². The van der Waals surface area contributed by atoms with Crippen molar-refractivity contribution < 1.29 is 9.21 Å². The van der Waals surface area contributed by atoms with Gasteiger partial charge in [-0.3, -0.25) is 9.20 Å². The molecule has 5 nitrogen and oxygen atoms in total. The molecule has 0 aromatic carbocycles. The van der Waals surface area contributed by atoms with Crippen molar-refractivity contribution in [1.29, 1.82) is 0 Å². The van der Waals surface area contributed by atoms with E-state index < -0.39 is 0 Å². The molecule has 108 valence electrons. The van der Waals surface area contributed by atoms with Gasteiger partial charge in [0.1, 0.15) is 5.76 Å². The van der Waals surface area contributed by atoms with Crippen LogP contribution in [-0.2, 0) is 11.3 Å². The summed E-state index contributed by atoms with van der Waals surface area (Å²) < 4.78 is 7.16. The van der Waals surface area contributed by atoms with Crippen LogP contribution in [0.2, 0.25) is 0 Å². The molecule has 3 aromatic heterocycles. The van der Waals surface area contributed by atoms with E-state index in [1.165, 1.54) is 11.8 Å². The van der Waals surface area contributed by atoms with E-state index in [-0.39, 0.29) is 11.2 Å². The summed E-state index contributed by atoms with van der Waals surface area (Å²) in [4.78, 5) is 16.4. The Balaban J connectivity index is 1.62. The Hall–Kier alpha value is -2.21. The number of imidazole rings is 1. The summed E-state index contributed by atoms with van der Waals surface area (Å²) in [5.74, 6) is 0.705. The average molecular weight is 301 g/mol. The summed E-state index contributed by atoms with van der Waals surface area (Å²) in [7, 11) is 0. The van der Waals surface area contributed by atoms with Crippen molar-refractivity contribution in [3.63, 3.8) is 0 Å². The van der Waals surface area contributed by atoms with Gasteiger partial charge in [0.15, 0.2) is 5.16 Å². The van der Waals surface area contributed by atoms with E-state index in [4.69, 9.17) is 4.42 Å². The van der Waals surface area contributed by atoms with Gasteiger partial charge in [0, 0.05) is 6.20 Å². The van der Waals surface area contributed by atoms with Crippen LogP contribution in [0.5, 0.6) is 0 Å². The Morgan fingerprint density at radius 2 is 2.33 bits per heavy atom. The fourth-order valence-electron chi connectivity index (χ4n) is 1.95. The molecule has 6 heteroatoms. The second-order valence-corrected chi connectivity index (χ2v) is 5.90. The number of fused-ring (bicyclic) bond motifs is 1. The molecular weight excluding hydrogens is 286 g/mol. The number of aromatic nitrogens is 2. The van der Waals surface area contributed by atoms with Crippen LogP contribution in [0.1, 0.15) is 12.7 Å². The van der Waals surface area contributed by atoms with E-state index in [9.17, 15) is 4.79 Å². The lowest BCUT2D eigenvalue weighted by atomic mass is 10.4. The molecular formula is C15H15N3O2S. The molecule has 0 spiro atoms. The molecule has 3 aromatic rings. The van der Waals surface area contributed by atoms with Crippen molar-refractivity contribution in [1.82, 2.24) is 14.7 Å². The van der Waals surface area contributed by atoms with Gasteiger partial charge in [-0.05, 0) is 31.2 Å². The van der Waals surface area contributed by atoms with Gasteiger partial charge in [-0.2, -0.15) is 0 Å². The van der Waals surface area contributed by atoms with Crippen molar-refractivity contribution in [2.75, 3.05) is 0 Å². The van der Waals surface area contributed by atoms with Crippen molar-refractivity contribution in [2.45, 2.75) is 23.9 Å². The van der Waals surface area contributed by atoms with E-state index in [1.54, 1.807) is 18.5 Å². The molecule has 3 heterocycles. The van der Waals surface area contributed by atoms with Crippen molar-refractivity contribution >= 4 is 23.2 Å². The standard InChI is InChI=1S/C15H15N3O2S/c1-11(14(19)16-10-13-6-4-8-20-13)21-15-17-9-12-5-2-3-7-18(12)15/h2-9,11H,10H2,1H3,(H,16,19)/t11-/m0/s1. The lowest BCUT2D eigenvalue weighted by Gasteiger charge is -2.10. The molecule has 1 N–H and O–H groups in total. The quantitative estimate of drug-likeness (QED) is 0.736. The molecule has 3 rings (SSSR count). The second kappa shape index (κ2) is 6.05. The Kier molecular flexibility index (Phi) is 3.96. The molecule has 0 aliphatic rings. The summed E-state index contributed by atoms with van der Waals surface area (Å²) in [6.07, 6.45) is 5.34. The highest BCUT2D eigenvalue weighted by Crippen LogP contribution is 2.23. The third-order valence-corrected chi connectivity index (χ3v) is 4.15. The molecule has 0 aliphatic heterocycles. The van der Waals surface area contributed by atoms with Gasteiger partial charge >= 0.3 is 0 Å². The molecule has 0 saturated heterocycles. The van der Waals surface area contributed by atoms with Crippen LogP contribution in [0.3, 0.4) is 0 Å². The minimum absolute atomic E-state index is 0.0379. The maximum atomic E-state index is 12.1. The van der Waals surface area contributed by atoms with Gasteiger partial charge in [-0.1, -0.05) is 17.8 Å². The Morgan fingerprint density at radius 3 is 3.14 bits per heavy atom. The van der Waals surface area contributed by atoms with Gasteiger partial charge in [-0.25, -0.2) is 4.98 Å². The highest BCUT2D eigenvalue weighted by Gasteiger charge is 2.17. The Bertz CT molecular complexity index is 736. The zero-order valence-electron chi connectivity index (χ0n) is 11.5. The summed E-state index contributed by atoms with van der Waals surface area (Å²) >= 11 is 1.43. The first-order valence-electron chi connectivity index (χ1n) is 6.63. The number of pyridine rings is 1. The fraction of sp³-hybridized carbons (Fsp3) is 0.200. The van der Waals surface area contributed by atoms with Crippen LogP contribution < -0.4 is 5.32 Å². The summed E-state index contributed by atoms with van der Waals surface area (Å²) in [6, 6.07) is 9.53. The predicted octanol–water partition coefficient (Wildman–Crippen LogP) is 2.72. The van der Waals surface area contributed by atoms with Crippen LogP contribution in [0.15, 0.2) is 58.6 Å². The first kappa shape index (κ1) is 13.8.